The van der Waals surface area contributed by atoms with Crippen LogP contribution in [0.25, 0.3) is 10.1 Å². The van der Waals surface area contributed by atoms with Gasteiger partial charge in [-0.05, 0) is 30.0 Å². The molecule has 3 nitrogen and oxygen atoms in total. The number of carboxylic acid groups (broad SMARTS) is 1. The van der Waals surface area contributed by atoms with Gasteiger partial charge in [-0.15, -0.1) is 11.3 Å². The Morgan fingerprint density at radius 3 is 3.00 bits per heavy atom. The third kappa shape index (κ3) is 1.94. The lowest BCUT2D eigenvalue weighted by molar-refractivity contribution is 0.0699. The van der Waals surface area contributed by atoms with Crippen molar-refractivity contribution in [2.45, 2.75) is 13.5 Å². The minimum absolute atomic E-state index is 0.355. The first-order valence-electron chi connectivity index (χ1n) is 5.04. The molecular weight excluding hydrogens is 224 g/mol. The first-order valence-corrected chi connectivity index (χ1v) is 5.92. The van der Waals surface area contributed by atoms with Crippen molar-refractivity contribution < 1.29 is 14.6 Å². The number of carbonyl (C=O) groups is 1. The van der Waals surface area contributed by atoms with E-state index in [-0.39, 0.29) is 0 Å². The minimum atomic E-state index is -0.887. The molecule has 84 valence electrons. The Morgan fingerprint density at radius 1 is 1.50 bits per heavy atom. The van der Waals surface area contributed by atoms with Crippen LogP contribution < -0.4 is 0 Å². The van der Waals surface area contributed by atoms with Crippen LogP contribution in [0.3, 0.4) is 0 Å². The number of benzene rings is 1. The number of hydrogen-bond acceptors (Lipinski definition) is 3. The normalized spacial score (nSPS) is 10.8. The molecule has 1 aromatic carbocycles. The Kier molecular flexibility index (Phi) is 3.22. The highest BCUT2D eigenvalue weighted by Gasteiger charge is 2.13. The van der Waals surface area contributed by atoms with Gasteiger partial charge < -0.3 is 9.84 Å². The second kappa shape index (κ2) is 4.63. The fourth-order valence-corrected chi connectivity index (χ4v) is 2.62. The smallest absolute Gasteiger partial charge is 0.336 e. The van der Waals surface area contributed by atoms with E-state index in [2.05, 4.69) is 0 Å². The topological polar surface area (TPSA) is 46.5 Å². The maximum absolute atomic E-state index is 11.1. The van der Waals surface area contributed by atoms with Crippen molar-refractivity contribution in [2.75, 3.05) is 6.61 Å². The molecule has 16 heavy (non-hydrogen) atoms. The summed E-state index contributed by atoms with van der Waals surface area (Å²) < 4.78 is 6.33. The zero-order valence-corrected chi connectivity index (χ0v) is 9.71. The Hall–Kier alpha value is -1.39. The van der Waals surface area contributed by atoms with E-state index in [0.717, 1.165) is 15.6 Å². The zero-order chi connectivity index (χ0) is 11.5. The van der Waals surface area contributed by atoms with Crippen molar-refractivity contribution in [3.63, 3.8) is 0 Å². The van der Waals surface area contributed by atoms with Crippen LogP contribution >= 0.6 is 11.3 Å². The predicted molar refractivity (Wildman–Crippen MR) is 64.1 cm³/mol. The molecule has 0 radical (unpaired) electrons. The SMILES string of the molecule is CCOCc1csc2cccc(C(=O)O)c12. The zero-order valence-electron chi connectivity index (χ0n) is 8.90. The summed E-state index contributed by atoms with van der Waals surface area (Å²) in [5, 5.41) is 11.9. The van der Waals surface area contributed by atoms with Gasteiger partial charge in [0.05, 0.1) is 12.2 Å². The monoisotopic (exact) mass is 236 g/mol. The predicted octanol–water partition coefficient (Wildman–Crippen LogP) is 3.14. The largest absolute Gasteiger partial charge is 0.478 e. The van der Waals surface area contributed by atoms with E-state index in [1.54, 1.807) is 23.5 Å². The Labute approximate surface area is 97.3 Å². The highest BCUT2D eigenvalue weighted by Crippen LogP contribution is 2.29. The van der Waals surface area contributed by atoms with Gasteiger partial charge in [-0.1, -0.05) is 6.07 Å². The van der Waals surface area contributed by atoms with Crippen molar-refractivity contribution >= 4 is 27.4 Å². The van der Waals surface area contributed by atoms with E-state index < -0.39 is 5.97 Å². The third-order valence-electron chi connectivity index (χ3n) is 2.37. The van der Waals surface area contributed by atoms with Crippen molar-refractivity contribution in [1.29, 1.82) is 0 Å². The summed E-state index contributed by atoms with van der Waals surface area (Å²) in [5.74, 6) is -0.887. The van der Waals surface area contributed by atoms with Gasteiger partial charge in [-0.3, -0.25) is 0 Å². The highest BCUT2D eigenvalue weighted by atomic mass is 32.1. The maximum Gasteiger partial charge on any atom is 0.336 e. The molecule has 4 heteroatoms. The van der Waals surface area contributed by atoms with Crippen molar-refractivity contribution in [3.8, 4) is 0 Å². The van der Waals surface area contributed by atoms with Gasteiger partial charge in [0.15, 0.2) is 0 Å². The van der Waals surface area contributed by atoms with E-state index in [9.17, 15) is 4.79 Å². The van der Waals surface area contributed by atoms with Gasteiger partial charge in [0, 0.05) is 16.7 Å². The Morgan fingerprint density at radius 2 is 2.31 bits per heavy atom. The number of fused-ring (bicyclic) bond motifs is 1. The standard InChI is InChI=1S/C12H12O3S/c1-2-15-6-8-7-16-10-5-3-4-9(11(8)10)12(13)14/h3-5,7H,2,6H2,1H3,(H,13,14). The maximum atomic E-state index is 11.1. The van der Waals surface area contributed by atoms with Gasteiger partial charge in [0.1, 0.15) is 0 Å². The molecule has 0 fully saturated rings. The van der Waals surface area contributed by atoms with Crippen LogP contribution in [-0.2, 0) is 11.3 Å². The molecule has 0 aliphatic carbocycles. The van der Waals surface area contributed by atoms with Crippen molar-refractivity contribution in [2.24, 2.45) is 0 Å². The molecule has 2 aromatic rings. The molecule has 0 spiro atoms. The molecule has 0 bridgehead atoms. The molecular formula is C12H12O3S. The van der Waals surface area contributed by atoms with Gasteiger partial charge in [0.25, 0.3) is 0 Å². The summed E-state index contributed by atoms with van der Waals surface area (Å²) in [4.78, 5) is 11.1. The molecule has 0 aliphatic heterocycles. The number of thiophene rings is 1. The summed E-state index contributed by atoms with van der Waals surface area (Å²) in [6.45, 7) is 3.03. The van der Waals surface area contributed by atoms with Crippen molar-refractivity contribution in [1.82, 2.24) is 0 Å². The summed E-state index contributed by atoms with van der Waals surface area (Å²) in [6, 6.07) is 5.33. The van der Waals surface area contributed by atoms with Crippen LogP contribution in [0.15, 0.2) is 23.6 Å². The van der Waals surface area contributed by atoms with Gasteiger partial charge in [-0.25, -0.2) is 4.79 Å². The van der Waals surface area contributed by atoms with Crippen LogP contribution in [0, 0.1) is 0 Å². The summed E-state index contributed by atoms with van der Waals surface area (Å²) in [7, 11) is 0. The first kappa shape index (κ1) is 11.1. The summed E-state index contributed by atoms with van der Waals surface area (Å²) in [5.41, 5.74) is 1.31. The lowest BCUT2D eigenvalue weighted by Gasteiger charge is -2.02. The molecule has 1 N–H and O–H groups in total. The molecule has 0 unspecified atom stereocenters. The average Bonchev–Trinajstić information content (AvgIpc) is 2.69. The van der Waals surface area contributed by atoms with Crippen LogP contribution in [0.4, 0.5) is 0 Å². The number of rotatable bonds is 4. The van der Waals surface area contributed by atoms with Crippen LogP contribution in [-0.4, -0.2) is 17.7 Å². The van der Waals surface area contributed by atoms with E-state index in [1.165, 1.54) is 0 Å². The number of ether oxygens (including phenoxy) is 1. The van der Waals surface area contributed by atoms with E-state index >= 15 is 0 Å². The van der Waals surface area contributed by atoms with Gasteiger partial charge in [0.2, 0.25) is 0 Å². The van der Waals surface area contributed by atoms with Crippen LogP contribution in [0.2, 0.25) is 0 Å². The summed E-state index contributed by atoms with van der Waals surface area (Å²) >= 11 is 1.55. The fourth-order valence-electron chi connectivity index (χ4n) is 1.65. The second-order valence-corrected chi connectivity index (χ2v) is 4.29. The molecule has 0 saturated heterocycles. The molecule has 0 aliphatic rings. The Bertz CT molecular complexity index is 516. The molecule has 2 rings (SSSR count). The van der Waals surface area contributed by atoms with Gasteiger partial charge in [-0.2, -0.15) is 0 Å². The van der Waals surface area contributed by atoms with Crippen LogP contribution in [0.5, 0.6) is 0 Å². The second-order valence-electron chi connectivity index (χ2n) is 3.38. The lowest BCUT2D eigenvalue weighted by atomic mass is 10.1. The highest BCUT2D eigenvalue weighted by molar-refractivity contribution is 7.17. The van der Waals surface area contributed by atoms with Crippen molar-refractivity contribution in [3.05, 3.63) is 34.7 Å². The molecule has 1 aromatic heterocycles. The van der Waals surface area contributed by atoms with Crippen LogP contribution in [0.1, 0.15) is 22.8 Å². The van der Waals surface area contributed by atoms with E-state index in [0.29, 0.717) is 18.8 Å². The number of aromatic carboxylic acids is 1. The summed E-state index contributed by atoms with van der Waals surface area (Å²) in [6.07, 6.45) is 0. The minimum Gasteiger partial charge on any atom is -0.478 e. The number of hydrogen-bond donors (Lipinski definition) is 1. The molecule has 0 saturated carbocycles. The number of carboxylic acids is 1. The molecule has 0 atom stereocenters. The third-order valence-corrected chi connectivity index (χ3v) is 3.36. The van der Waals surface area contributed by atoms with E-state index in [4.69, 9.17) is 9.84 Å². The van der Waals surface area contributed by atoms with Gasteiger partial charge >= 0.3 is 5.97 Å². The fraction of sp³-hybridized carbons (Fsp3) is 0.250. The first-order chi connectivity index (χ1) is 7.74. The van der Waals surface area contributed by atoms with E-state index in [1.807, 2.05) is 18.4 Å². The average molecular weight is 236 g/mol. The Balaban J connectivity index is 2.54. The lowest BCUT2D eigenvalue weighted by Crippen LogP contribution is -1.99. The quantitative estimate of drug-likeness (QED) is 0.887. The molecule has 0 amide bonds. The molecule has 1 heterocycles.